The van der Waals surface area contributed by atoms with Crippen molar-refractivity contribution in [1.29, 1.82) is 0 Å². The molecular formula is C15H25F3N2. The maximum atomic E-state index is 12.6. The molecule has 5 heteroatoms. The molecule has 0 radical (unpaired) electrons. The Balaban J connectivity index is 1.94. The molecule has 0 spiro atoms. The fourth-order valence-electron chi connectivity index (χ4n) is 3.57. The molecule has 1 unspecified atom stereocenters. The molecule has 2 aliphatic rings. The summed E-state index contributed by atoms with van der Waals surface area (Å²) in [4.78, 5) is 2.19. The van der Waals surface area contributed by atoms with Gasteiger partial charge in [0, 0.05) is 31.8 Å². The number of alkyl halides is 3. The quantitative estimate of drug-likeness (QED) is 0.799. The van der Waals surface area contributed by atoms with E-state index in [4.69, 9.17) is 0 Å². The van der Waals surface area contributed by atoms with Crippen LogP contribution in [0.2, 0.25) is 0 Å². The smallest absolute Gasteiger partial charge is 0.316 e. The first-order valence-corrected chi connectivity index (χ1v) is 7.64. The molecule has 2 aliphatic heterocycles. The van der Waals surface area contributed by atoms with Gasteiger partial charge in [0.25, 0.3) is 0 Å². The van der Waals surface area contributed by atoms with Crippen LogP contribution in [0.1, 0.15) is 39.0 Å². The molecule has 0 saturated carbocycles. The number of piperidine rings is 1. The van der Waals surface area contributed by atoms with E-state index in [2.05, 4.69) is 17.1 Å². The first kappa shape index (κ1) is 15.8. The molecule has 0 aromatic carbocycles. The van der Waals surface area contributed by atoms with Crippen molar-refractivity contribution >= 4 is 0 Å². The molecule has 1 atom stereocenters. The van der Waals surface area contributed by atoms with Gasteiger partial charge < -0.3 is 5.32 Å². The highest BCUT2D eigenvalue weighted by Gasteiger charge is 2.37. The van der Waals surface area contributed by atoms with Gasteiger partial charge in [0.2, 0.25) is 0 Å². The molecule has 1 N–H and O–H groups in total. The highest BCUT2D eigenvalue weighted by Crippen LogP contribution is 2.35. The van der Waals surface area contributed by atoms with Gasteiger partial charge in [0.05, 0.1) is 0 Å². The van der Waals surface area contributed by atoms with Crippen molar-refractivity contribution in [3.8, 4) is 0 Å². The minimum absolute atomic E-state index is 0.138. The standard InChI is InChI=1S/C15H25F3N2/c1-2-6-14(7-3-8-19-11-14)12-20-9-4-13(5-10-20)15(16,17)18/h4,19H,2-3,5-12H2,1H3. The zero-order valence-corrected chi connectivity index (χ0v) is 12.2. The average Bonchev–Trinajstić information content (AvgIpc) is 2.39. The van der Waals surface area contributed by atoms with Crippen molar-refractivity contribution in [2.45, 2.75) is 45.2 Å². The predicted octanol–water partition coefficient (Wildman–Crippen LogP) is 3.35. The van der Waals surface area contributed by atoms with E-state index in [9.17, 15) is 13.2 Å². The van der Waals surface area contributed by atoms with Crippen LogP contribution in [0.4, 0.5) is 13.2 Å². The first-order valence-electron chi connectivity index (χ1n) is 7.64. The second kappa shape index (κ2) is 6.48. The van der Waals surface area contributed by atoms with Gasteiger partial charge in [-0.2, -0.15) is 13.2 Å². The molecule has 0 bridgehead atoms. The van der Waals surface area contributed by atoms with Gasteiger partial charge in [-0.3, -0.25) is 4.90 Å². The van der Waals surface area contributed by atoms with Gasteiger partial charge in [0.15, 0.2) is 0 Å². The number of nitrogens with zero attached hydrogens (tertiary/aromatic N) is 1. The third-order valence-electron chi connectivity index (χ3n) is 4.56. The summed E-state index contributed by atoms with van der Waals surface area (Å²) in [6.07, 6.45) is 2.04. The van der Waals surface area contributed by atoms with E-state index in [1.54, 1.807) is 0 Å². The molecule has 0 aromatic rings. The number of nitrogens with one attached hydrogen (secondary N) is 1. The Morgan fingerprint density at radius 3 is 2.70 bits per heavy atom. The molecule has 0 amide bonds. The molecular weight excluding hydrogens is 265 g/mol. The Labute approximate surface area is 119 Å². The largest absolute Gasteiger partial charge is 0.412 e. The van der Waals surface area contributed by atoms with E-state index < -0.39 is 6.18 Å². The topological polar surface area (TPSA) is 15.3 Å². The Kier molecular flexibility index (Phi) is 5.13. The van der Waals surface area contributed by atoms with Crippen LogP contribution in [0.3, 0.4) is 0 Å². The molecule has 2 heterocycles. The van der Waals surface area contributed by atoms with Crippen LogP contribution in [0.25, 0.3) is 0 Å². The van der Waals surface area contributed by atoms with Crippen LogP contribution in [-0.2, 0) is 0 Å². The molecule has 0 aromatic heterocycles. The molecule has 1 fully saturated rings. The van der Waals surface area contributed by atoms with Gasteiger partial charge in [-0.15, -0.1) is 0 Å². The normalized spacial score (nSPS) is 29.3. The van der Waals surface area contributed by atoms with E-state index in [1.165, 1.54) is 18.9 Å². The van der Waals surface area contributed by atoms with E-state index in [0.29, 0.717) is 13.1 Å². The summed E-state index contributed by atoms with van der Waals surface area (Å²) in [5.74, 6) is 0. The lowest BCUT2D eigenvalue weighted by Crippen LogP contribution is -2.48. The lowest BCUT2D eigenvalue weighted by atomic mass is 9.76. The minimum Gasteiger partial charge on any atom is -0.316 e. The average molecular weight is 290 g/mol. The Morgan fingerprint density at radius 2 is 2.20 bits per heavy atom. The summed E-state index contributed by atoms with van der Waals surface area (Å²) in [6, 6.07) is 0. The van der Waals surface area contributed by atoms with Crippen molar-refractivity contribution in [2.75, 3.05) is 32.7 Å². The Bertz CT molecular complexity index is 338. The number of rotatable bonds is 4. The highest BCUT2D eigenvalue weighted by molar-refractivity contribution is 5.13. The van der Waals surface area contributed by atoms with Crippen molar-refractivity contribution in [1.82, 2.24) is 10.2 Å². The van der Waals surface area contributed by atoms with E-state index >= 15 is 0 Å². The second-order valence-corrected chi connectivity index (χ2v) is 6.24. The third-order valence-corrected chi connectivity index (χ3v) is 4.56. The molecule has 1 saturated heterocycles. The molecule has 2 nitrogen and oxygen atoms in total. The summed E-state index contributed by atoms with van der Waals surface area (Å²) in [5, 5.41) is 3.46. The van der Waals surface area contributed by atoms with Gasteiger partial charge >= 0.3 is 6.18 Å². The van der Waals surface area contributed by atoms with Gasteiger partial charge in [-0.1, -0.05) is 19.4 Å². The van der Waals surface area contributed by atoms with E-state index in [-0.39, 0.29) is 17.4 Å². The van der Waals surface area contributed by atoms with Gasteiger partial charge in [-0.05, 0) is 37.6 Å². The van der Waals surface area contributed by atoms with Crippen molar-refractivity contribution < 1.29 is 13.2 Å². The van der Waals surface area contributed by atoms with Crippen LogP contribution in [-0.4, -0.2) is 43.8 Å². The van der Waals surface area contributed by atoms with Crippen LogP contribution in [0.15, 0.2) is 11.6 Å². The summed E-state index contributed by atoms with van der Waals surface area (Å²) in [7, 11) is 0. The van der Waals surface area contributed by atoms with Crippen molar-refractivity contribution in [2.24, 2.45) is 5.41 Å². The second-order valence-electron chi connectivity index (χ2n) is 6.24. The number of hydrogen-bond acceptors (Lipinski definition) is 2. The fraction of sp³-hybridized carbons (Fsp3) is 0.867. The Morgan fingerprint density at radius 1 is 1.40 bits per heavy atom. The summed E-state index contributed by atoms with van der Waals surface area (Å²) in [5.41, 5.74) is -0.0867. The summed E-state index contributed by atoms with van der Waals surface area (Å²) >= 11 is 0. The minimum atomic E-state index is -4.14. The lowest BCUT2D eigenvalue weighted by molar-refractivity contribution is -0.0963. The van der Waals surface area contributed by atoms with Crippen LogP contribution in [0, 0.1) is 5.41 Å². The van der Waals surface area contributed by atoms with E-state index in [0.717, 1.165) is 32.5 Å². The molecule has 20 heavy (non-hydrogen) atoms. The maximum Gasteiger partial charge on any atom is 0.412 e. The highest BCUT2D eigenvalue weighted by atomic mass is 19.4. The van der Waals surface area contributed by atoms with Crippen LogP contribution < -0.4 is 5.32 Å². The summed E-state index contributed by atoms with van der Waals surface area (Å²) in [6.45, 7) is 6.18. The van der Waals surface area contributed by atoms with Gasteiger partial charge in [-0.25, -0.2) is 0 Å². The van der Waals surface area contributed by atoms with Gasteiger partial charge in [0.1, 0.15) is 0 Å². The maximum absolute atomic E-state index is 12.6. The Hall–Kier alpha value is -0.550. The summed E-state index contributed by atoms with van der Waals surface area (Å²) < 4.78 is 37.9. The zero-order valence-electron chi connectivity index (χ0n) is 12.2. The van der Waals surface area contributed by atoms with Crippen LogP contribution >= 0.6 is 0 Å². The fourth-order valence-corrected chi connectivity index (χ4v) is 3.57. The monoisotopic (exact) mass is 290 g/mol. The molecule has 116 valence electrons. The zero-order chi connectivity index (χ0) is 14.6. The van der Waals surface area contributed by atoms with Crippen molar-refractivity contribution in [3.63, 3.8) is 0 Å². The molecule has 2 rings (SSSR count). The number of hydrogen-bond donors (Lipinski definition) is 1. The van der Waals surface area contributed by atoms with Crippen LogP contribution in [0.5, 0.6) is 0 Å². The predicted molar refractivity (Wildman–Crippen MR) is 74.6 cm³/mol. The third kappa shape index (κ3) is 3.98. The van der Waals surface area contributed by atoms with E-state index in [1.807, 2.05) is 0 Å². The molecule has 0 aliphatic carbocycles. The SMILES string of the molecule is CCCC1(CN2CC=C(C(F)(F)F)CC2)CCCNC1. The number of halogens is 3. The lowest BCUT2D eigenvalue weighted by Gasteiger charge is -2.42. The first-order chi connectivity index (χ1) is 9.45. The van der Waals surface area contributed by atoms with Crippen molar-refractivity contribution in [3.05, 3.63) is 11.6 Å².